The predicted octanol–water partition coefficient (Wildman–Crippen LogP) is 1.12. The highest BCUT2D eigenvalue weighted by atomic mass is 16.2. The first kappa shape index (κ1) is 16.3. The fourth-order valence-electron chi connectivity index (χ4n) is 3.00. The summed E-state index contributed by atoms with van der Waals surface area (Å²) in [4.78, 5) is 40.6. The number of fused-ring (bicyclic) bond motifs is 1. The molecule has 3 rings (SSSR count). The van der Waals surface area contributed by atoms with Gasteiger partial charge in [-0.05, 0) is 31.0 Å². The molecule has 1 atom stereocenters. The third-order valence-electron chi connectivity index (χ3n) is 4.46. The standard InChI is InChI=1S/C17H22N4O3/c1-10(15(22)18-2)9-20(3)16(23)11-4-7-14-13(8-11)19-17(24)21(14)12-5-6-12/h4,7-8,10,12H,5-6,9H2,1-3H3,(H,18,22)(H,19,24). The van der Waals surface area contributed by atoms with Gasteiger partial charge in [0.1, 0.15) is 0 Å². The summed E-state index contributed by atoms with van der Waals surface area (Å²) < 4.78 is 1.76. The van der Waals surface area contributed by atoms with Crippen LogP contribution in [-0.2, 0) is 4.79 Å². The van der Waals surface area contributed by atoms with E-state index >= 15 is 0 Å². The van der Waals surface area contributed by atoms with E-state index in [1.807, 2.05) is 6.07 Å². The molecule has 1 fully saturated rings. The second-order valence-corrected chi connectivity index (χ2v) is 6.46. The maximum absolute atomic E-state index is 12.6. The topological polar surface area (TPSA) is 87.2 Å². The lowest BCUT2D eigenvalue weighted by Gasteiger charge is -2.20. The van der Waals surface area contributed by atoms with Crippen LogP contribution in [0, 0.1) is 5.92 Å². The molecule has 1 aromatic heterocycles. The number of carbonyl (C=O) groups excluding carboxylic acids is 2. The van der Waals surface area contributed by atoms with Gasteiger partial charge in [0.2, 0.25) is 5.91 Å². The van der Waals surface area contributed by atoms with Gasteiger partial charge in [-0.1, -0.05) is 6.92 Å². The lowest BCUT2D eigenvalue weighted by molar-refractivity contribution is -0.124. The first-order valence-electron chi connectivity index (χ1n) is 8.13. The van der Waals surface area contributed by atoms with Crippen LogP contribution in [0.1, 0.15) is 36.2 Å². The number of imidazole rings is 1. The summed E-state index contributed by atoms with van der Waals surface area (Å²) in [6, 6.07) is 5.54. The van der Waals surface area contributed by atoms with Gasteiger partial charge in [-0.15, -0.1) is 0 Å². The first-order valence-corrected chi connectivity index (χ1v) is 8.13. The number of H-pyrrole nitrogens is 1. The van der Waals surface area contributed by atoms with Crippen molar-refractivity contribution in [1.82, 2.24) is 19.8 Å². The number of aromatic nitrogens is 2. The van der Waals surface area contributed by atoms with Crippen LogP contribution in [0.4, 0.5) is 0 Å². The molecule has 0 spiro atoms. The minimum atomic E-state index is -0.288. The molecule has 1 heterocycles. The number of carbonyl (C=O) groups is 2. The smallest absolute Gasteiger partial charge is 0.326 e. The summed E-state index contributed by atoms with van der Waals surface area (Å²) in [5.74, 6) is -0.563. The molecule has 2 aromatic rings. The summed E-state index contributed by atoms with van der Waals surface area (Å²) in [6.45, 7) is 2.11. The molecular weight excluding hydrogens is 308 g/mol. The van der Waals surface area contributed by atoms with Crippen LogP contribution in [-0.4, -0.2) is 46.9 Å². The van der Waals surface area contributed by atoms with E-state index in [4.69, 9.17) is 0 Å². The Kier molecular flexibility index (Phi) is 4.17. The SMILES string of the molecule is CNC(=O)C(C)CN(C)C(=O)c1ccc2c(c1)[nH]c(=O)n2C1CC1. The highest BCUT2D eigenvalue weighted by molar-refractivity contribution is 5.97. The van der Waals surface area contributed by atoms with Crippen LogP contribution < -0.4 is 11.0 Å². The van der Waals surface area contributed by atoms with E-state index in [1.165, 1.54) is 4.90 Å². The van der Waals surface area contributed by atoms with Crippen LogP contribution in [0.2, 0.25) is 0 Å². The van der Waals surface area contributed by atoms with E-state index in [1.54, 1.807) is 37.7 Å². The molecule has 0 aliphatic heterocycles. The quantitative estimate of drug-likeness (QED) is 0.861. The molecule has 1 aliphatic rings. The third-order valence-corrected chi connectivity index (χ3v) is 4.46. The number of aromatic amines is 1. The van der Waals surface area contributed by atoms with Crippen molar-refractivity contribution in [2.45, 2.75) is 25.8 Å². The number of nitrogens with zero attached hydrogens (tertiary/aromatic N) is 2. The molecule has 2 amide bonds. The van der Waals surface area contributed by atoms with Crippen molar-refractivity contribution in [2.24, 2.45) is 5.92 Å². The zero-order valence-electron chi connectivity index (χ0n) is 14.1. The largest absolute Gasteiger partial charge is 0.359 e. The lowest BCUT2D eigenvalue weighted by Crippen LogP contribution is -2.37. The van der Waals surface area contributed by atoms with Gasteiger partial charge < -0.3 is 15.2 Å². The van der Waals surface area contributed by atoms with Crippen LogP contribution in [0.3, 0.4) is 0 Å². The molecule has 0 radical (unpaired) electrons. The Labute approximate surface area is 139 Å². The molecule has 1 unspecified atom stereocenters. The molecule has 7 nitrogen and oxygen atoms in total. The number of amides is 2. The number of rotatable bonds is 5. The second-order valence-electron chi connectivity index (χ2n) is 6.46. The van der Waals surface area contributed by atoms with Crippen molar-refractivity contribution in [3.63, 3.8) is 0 Å². The van der Waals surface area contributed by atoms with E-state index in [-0.39, 0.29) is 29.5 Å². The van der Waals surface area contributed by atoms with Crippen molar-refractivity contribution in [1.29, 1.82) is 0 Å². The summed E-state index contributed by atoms with van der Waals surface area (Å²) >= 11 is 0. The molecular formula is C17H22N4O3. The molecule has 1 aliphatic carbocycles. The van der Waals surface area contributed by atoms with Gasteiger partial charge in [0, 0.05) is 32.2 Å². The monoisotopic (exact) mass is 330 g/mol. The average molecular weight is 330 g/mol. The van der Waals surface area contributed by atoms with Crippen molar-refractivity contribution in [2.75, 3.05) is 20.6 Å². The van der Waals surface area contributed by atoms with Crippen LogP contribution in [0.15, 0.2) is 23.0 Å². The molecule has 24 heavy (non-hydrogen) atoms. The van der Waals surface area contributed by atoms with Gasteiger partial charge in [-0.3, -0.25) is 14.2 Å². The third kappa shape index (κ3) is 2.93. The van der Waals surface area contributed by atoms with Gasteiger partial charge in [0.15, 0.2) is 0 Å². The van der Waals surface area contributed by atoms with Gasteiger partial charge in [-0.25, -0.2) is 4.79 Å². The van der Waals surface area contributed by atoms with E-state index in [2.05, 4.69) is 10.3 Å². The number of hydrogen-bond acceptors (Lipinski definition) is 3. The second kappa shape index (κ2) is 6.14. The summed E-state index contributed by atoms with van der Waals surface area (Å²) in [7, 11) is 3.25. The molecule has 7 heteroatoms. The van der Waals surface area contributed by atoms with E-state index in [0.29, 0.717) is 17.6 Å². The number of benzene rings is 1. The lowest BCUT2D eigenvalue weighted by atomic mass is 10.1. The zero-order chi connectivity index (χ0) is 17.4. The number of nitrogens with one attached hydrogen (secondary N) is 2. The van der Waals surface area contributed by atoms with E-state index in [9.17, 15) is 14.4 Å². The molecule has 0 bridgehead atoms. The highest BCUT2D eigenvalue weighted by Crippen LogP contribution is 2.35. The van der Waals surface area contributed by atoms with E-state index in [0.717, 1.165) is 18.4 Å². The van der Waals surface area contributed by atoms with Crippen LogP contribution in [0.25, 0.3) is 11.0 Å². The van der Waals surface area contributed by atoms with Gasteiger partial charge >= 0.3 is 5.69 Å². The Morgan fingerprint density at radius 3 is 2.75 bits per heavy atom. The summed E-state index contributed by atoms with van der Waals surface area (Å²) in [5, 5.41) is 2.58. The molecule has 128 valence electrons. The fraction of sp³-hybridized carbons (Fsp3) is 0.471. The maximum atomic E-state index is 12.6. The maximum Gasteiger partial charge on any atom is 0.326 e. The molecule has 1 saturated carbocycles. The summed E-state index contributed by atoms with van der Waals surface area (Å²) in [5.41, 5.74) is 1.88. The fourth-order valence-corrected chi connectivity index (χ4v) is 3.00. The minimum Gasteiger partial charge on any atom is -0.359 e. The Morgan fingerprint density at radius 2 is 2.12 bits per heavy atom. The Bertz CT molecular complexity index is 847. The van der Waals surface area contributed by atoms with E-state index < -0.39 is 0 Å². The van der Waals surface area contributed by atoms with Crippen LogP contribution >= 0.6 is 0 Å². The summed E-state index contributed by atoms with van der Waals surface area (Å²) in [6.07, 6.45) is 2.04. The Balaban J connectivity index is 1.82. The number of hydrogen-bond donors (Lipinski definition) is 2. The van der Waals surface area contributed by atoms with Crippen LogP contribution in [0.5, 0.6) is 0 Å². The minimum absolute atomic E-state index is 0.101. The molecule has 2 N–H and O–H groups in total. The highest BCUT2D eigenvalue weighted by Gasteiger charge is 2.27. The first-order chi connectivity index (χ1) is 11.4. The van der Waals surface area contributed by atoms with Crippen molar-refractivity contribution < 1.29 is 9.59 Å². The average Bonchev–Trinajstić information content (AvgIpc) is 3.34. The van der Waals surface area contributed by atoms with Crippen molar-refractivity contribution >= 4 is 22.8 Å². The normalized spacial score (nSPS) is 15.3. The Morgan fingerprint density at radius 1 is 1.42 bits per heavy atom. The Hall–Kier alpha value is -2.57. The van der Waals surface area contributed by atoms with Gasteiger partial charge in [0.05, 0.1) is 17.0 Å². The molecule has 1 aromatic carbocycles. The molecule has 0 saturated heterocycles. The predicted molar refractivity (Wildman–Crippen MR) is 91.0 cm³/mol. The van der Waals surface area contributed by atoms with Crippen molar-refractivity contribution in [3.05, 3.63) is 34.2 Å². The van der Waals surface area contributed by atoms with Gasteiger partial charge in [0.25, 0.3) is 5.91 Å². The van der Waals surface area contributed by atoms with Crippen molar-refractivity contribution in [3.8, 4) is 0 Å². The van der Waals surface area contributed by atoms with Gasteiger partial charge in [-0.2, -0.15) is 0 Å². The zero-order valence-corrected chi connectivity index (χ0v) is 14.1.